The highest BCUT2D eigenvalue weighted by Gasteiger charge is 2.43. The Bertz CT molecular complexity index is 688. The van der Waals surface area contributed by atoms with Crippen molar-refractivity contribution in [3.05, 3.63) is 53.6 Å². The Morgan fingerprint density at radius 2 is 2.10 bits per heavy atom. The summed E-state index contributed by atoms with van der Waals surface area (Å²) in [5, 5.41) is 9.93. The average Bonchev–Trinajstić information content (AvgIpc) is 2.87. The zero-order valence-electron chi connectivity index (χ0n) is 12.3. The van der Waals surface area contributed by atoms with Crippen LogP contribution in [0.15, 0.2) is 36.8 Å². The molecule has 0 amide bonds. The van der Waals surface area contributed by atoms with Gasteiger partial charge in [0.2, 0.25) is 0 Å². The van der Waals surface area contributed by atoms with Crippen molar-refractivity contribution in [2.45, 2.75) is 38.5 Å². The van der Waals surface area contributed by atoms with Gasteiger partial charge >= 0.3 is 5.97 Å². The van der Waals surface area contributed by atoms with E-state index in [1.165, 1.54) is 0 Å². The van der Waals surface area contributed by atoms with Gasteiger partial charge in [0.1, 0.15) is 5.60 Å². The quantitative estimate of drug-likeness (QED) is 0.861. The van der Waals surface area contributed by atoms with E-state index < -0.39 is 11.7 Å². The van der Waals surface area contributed by atoms with Gasteiger partial charge in [-0.3, -0.25) is 0 Å². The molecule has 2 atom stereocenters. The monoisotopic (exact) mass is 286 g/mol. The Kier molecular flexibility index (Phi) is 3.10. The van der Waals surface area contributed by atoms with Crippen LogP contribution in [0.3, 0.4) is 0 Å². The van der Waals surface area contributed by atoms with Crippen LogP contribution < -0.4 is 0 Å². The lowest BCUT2D eigenvalue weighted by Gasteiger charge is -2.40. The molecule has 0 bridgehead atoms. The van der Waals surface area contributed by atoms with Crippen molar-refractivity contribution in [1.29, 1.82) is 0 Å². The Labute approximate surface area is 123 Å². The van der Waals surface area contributed by atoms with Crippen molar-refractivity contribution in [1.82, 2.24) is 9.55 Å². The molecule has 0 spiro atoms. The van der Waals surface area contributed by atoms with E-state index >= 15 is 0 Å². The molecule has 0 unspecified atom stereocenters. The Morgan fingerprint density at radius 3 is 2.81 bits per heavy atom. The van der Waals surface area contributed by atoms with E-state index in [2.05, 4.69) is 4.98 Å². The number of hydrogen-bond donors (Lipinski definition) is 1. The molecule has 5 nitrogen and oxygen atoms in total. The summed E-state index contributed by atoms with van der Waals surface area (Å²) in [6, 6.07) is 7.18. The molecule has 1 aromatic carbocycles. The van der Waals surface area contributed by atoms with E-state index in [0.717, 1.165) is 5.56 Å². The summed E-state index contributed by atoms with van der Waals surface area (Å²) in [5.41, 5.74) is 1.42. The first-order chi connectivity index (χ1) is 9.92. The summed E-state index contributed by atoms with van der Waals surface area (Å²) < 4.78 is 7.49. The Hall–Kier alpha value is -2.14. The van der Waals surface area contributed by atoms with Gasteiger partial charge in [-0.15, -0.1) is 0 Å². The van der Waals surface area contributed by atoms with Crippen LogP contribution in [0.4, 0.5) is 0 Å². The number of fused-ring (bicyclic) bond motifs is 1. The number of esters is 1. The summed E-state index contributed by atoms with van der Waals surface area (Å²) in [7, 11) is 0. The van der Waals surface area contributed by atoms with E-state index in [1.807, 2.05) is 36.6 Å². The summed E-state index contributed by atoms with van der Waals surface area (Å²) in [6.07, 6.45) is 2.66. The number of cyclic esters (lactones) is 1. The average molecular weight is 286 g/mol. The van der Waals surface area contributed by atoms with E-state index in [1.54, 1.807) is 25.5 Å². The lowest BCUT2D eigenvalue weighted by atomic mass is 9.85. The normalized spacial score (nSPS) is 21.5. The number of carbonyl (C=O) groups is 1. The van der Waals surface area contributed by atoms with E-state index in [0.29, 0.717) is 11.3 Å². The smallest absolute Gasteiger partial charge is 0.339 e. The van der Waals surface area contributed by atoms with E-state index in [4.69, 9.17) is 4.74 Å². The molecule has 0 aliphatic carbocycles. The van der Waals surface area contributed by atoms with Gasteiger partial charge in [-0.25, -0.2) is 9.78 Å². The van der Waals surface area contributed by atoms with Crippen molar-refractivity contribution in [3.8, 4) is 0 Å². The minimum atomic E-state index is -0.726. The van der Waals surface area contributed by atoms with Gasteiger partial charge in [0.15, 0.2) is 0 Å². The highest BCUT2D eigenvalue weighted by molar-refractivity contribution is 5.93. The number of hydrogen-bond acceptors (Lipinski definition) is 4. The fourth-order valence-electron chi connectivity index (χ4n) is 2.98. The number of rotatable bonds is 2. The second-order valence-electron chi connectivity index (χ2n) is 5.88. The van der Waals surface area contributed by atoms with Crippen molar-refractivity contribution < 1.29 is 14.6 Å². The summed E-state index contributed by atoms with van der Waals surface area (Å²) in [5.74, 6) is -0.314. The van der Waals surface area contributed by atoms with E-state index in [9.17, 15) is 9.90 Å². The summed E-state index contributed by atoms with van der Waals surface area (Å²) >= 11 is 0. The number of aliphatic hydroxyl groups is 1. The standard InChI is InChI=1S/C16H18N2O3/c1-10(19)13-8-17-9-18(13)14-11-6-4-5-7-12(11)15(20)21-16(14,2)3/h4-10,14,19H,1-3H3/t10-,14+/m1/s1. The first kappa shape index (κ1) is 13.8. The molecule has 0 fully saturated rings. The number of aromatic nitrogens is 2. The highest BCUT2D eigenvalue weighted by atomic mass is 16.6. The maximum absolute atomic E-state index is 12.1. The van der Waals surface area contributed by atoms with Crippen LogP contribution in [0, 0.1) is 0 Å². The lowest BCUT2D eigenvalue weighted by molar-refractivity contribution is -0.0273. The molecule has 21 heavy (non-hydrogen) atoms. The van der Waals surface area contributed by atoms with Crippen molar-refractivity contribution >= 4 is 5.97 Å². The molecule has 3 rings (SSSR count). The topological polar surface area (TPSA) is 64.4 Å². The fourth-order valence-corrected chi connectivity index (χ4v) is 2.98. The fraction of sp³-hybridized carbons (Fsp3) is 0.375. The van der Waals surface area contributed by atoms with Crippen LogP contribution >= 0.6 is 0 Å². The molecule has 1 aliphatic rings. The van der Waals surface area contributed by atoms with Gasteiger partial charge in [0.25, 0.3) is 0 Å². The molecule has 2 aromatic rings. The second kappa shape index (κ2) is 4.70. The van der Waals surface area contributed by atoms with Crippen LogP contribution in [0.25, 0.3) is 0 Å². The number of nitrogens with zero attached hydrogens (tertiary/aromatic N) is 2. The van der Waals surface area contributed by atoms with Crippen LogP contribution in [0.2, 0.25) is 0 Å². The largest absolute Gasteiger partial charge is 0.453 e. The van der Waals surface area contributed by atoms with Gasteiger partial charge in [0.05, 0.1) is 35.9 Å². The van der Waals surface area contributed by atoms with Gasteiger partial charge in [-0.1, -0.05) is 18.2 Å². The van der Waals surface area contributed by atoms with Crippen molar-refractivity contribution in [2.24, 2.45) is 0 Å². The van der Waals surface area contributed by atoms with Crippen LogP contribution in [-0.2, 0) is 4.74 Å². The van der Waals surface area contributed by atoms with Crippen LogP contribution in [0.1, 0.15) is 54.5 Å². The molecule has 1 aliphatic heterocycles. The molecule has 1 aromatic heterocycles. The zero-order chi connectivity index (χ0) is 15.2. The van der Waals surface area contributed by atoms with Gasteiger partial charge in [0, 0.05) is 0 Å². The minimum absolute atomic E-state index is 0.224. The maximum atomic E-state index is 12.1. The molecule has 2 heterocycles. The van der Waals surface area contributed by atoms with Gasteiger partial charge in [-0.2, -0.15) is 0 Å². The van der Waals surface area contributed by atoms with Crippen LogP contribution in [-0.4, -0.2) is 26.2 Å². The number of carbonyl (C=O) groups excluding carboxylic acids is 1. The number of aliphatic hydroxyl groups excluding tert-OH is 1. The van der Waals surface area contributed by atoms with Crippen molar-refractivity contribution in [3.63, 3.8) is 0 Å². The third-order valence-electron chi connectivity index (χ3n) is 3.89. The molecular weight excluding hydrogens is 268 g/mol. The molecule has 1 N–H and O–H groups in total. The third-order valence-corrected chi connectivity index (χ3v) is 3.89. The number of imidazole rings is 1. The highest BCUT2D eigenvalue weighted by Crippen LogP contribution is 2.40. The Balaban J connectivity index is 2.22. The molecular formula is C16H18N2O3. The first-order valence-electron chi connectivity index (χ1n) is 6.94. The first-order valence-corrected chi connectivity index (χ1v) is 6.94. The zero-order valence-corrected chi connectivity index (χ0v) is 12.3. The van der Waals surface area contributed by atoms with Crippen molar-refractivity contribution in [2.75, 3.05) is 0 Å². The summed E-state index contributed by atoms with van der Waals surface area (Å²) in [4.78, 5) is 16.3. The Morgan fingerprint density at radius 1 is 1.38 bits per heavy atom. The SMILES string of the molecule is C[C@@H](O)c1cncn1[C@H]1c2ccccc2C(=O)OC1(C)C. The van der Waals surface area contributed by atoms with Gasteiger partial charge < -0.3 is 14.4 Å². The minimum Gasteiger partial charge on any atom is -0.453 e. The number of ether oxygens (including phenoxy) is 1. The van der Waals surface area contributed by atoms with Gasteiger partial charge in [-0.05, 0) is 32.4 Å². The second-order valence-corrected chi connectivity index (χ2v) is 5.88. The molecule has 0 radical (unpaired) electrons. The maximum Gasteiger partial charge on any atom is 0.339 e. The van der Waals surface area contributed by atoms with E-state index in [-0.39, 0.29) is 12.0 Å². The predicted octanol–water partition coefficient (Wildman–Crippen LogP) is 2.47. The van der Waals surface area contributed by atoms with Crippen LogP contribution in [0.5, 0.6) is 0 Å². The number of benzene rings is 1. The molecule has 110 valence electrons. The summed E-state index contributed by atoms with van der Waals surface area (Å²) in [6.45, 7) is 5.44. The predicted molar refractivity (Wildman–Crippen MR) is 76.9 cm³/mol. The molecule has 5 heteroatoms. The molecule has 0 saturated heterocycles. The third kappa shape index (κ3) is 2.14. The molecule has 0 saturated carbocycles. The lowest BCUT2D eigenvalue weighted by Crippen LogP contribution is -2.44.